The lowest BCUT2D eigenvalue weighted by atomic mass is 10.0. The molecule has 166 valence electrons. The van der Waals surface area contributed by atoms with Crippen LogP contribution in [0.25, 0.3) is 0 Å². The highest BCUT2D eigenvalue weighted by Gasteiger charge is 2.27. The predicted octanol–water partition coefficient (Wildman–Crippen LogP) is 5.27. The molecule has 2 heterocycles. The van der Waals surface area contributed by atoms with Crippen LogP contribution in [0.4, 0.5) is 10.1 Å². The first kappa shape index (κ1) is 22.2. The summed E-state index contributed by atoms with van der Waals surface area (Å²) in [6, 6.07) is 9.96. The maximum atomic E-state index is 14.8. The van der Waals surface area contributed by atoms with Crippen LogP contribution >= 0.6 is 11.6 Å². The Morgan fingerprint density at radius 1 is 1.12 bits per heavy atom. The molecule has 3 aromatic rings. The van der Waals surface area contributed by atoms with Crippen LogP contribution in [0.1, 0.15) is 58.9 Å². The number of ketones is 1. The fourth-order valence-electron chi connectivity index (χ4n) is 4.16. The zero-order chi connectivity index (χ0) is 22.8. The number of hydrogen-bond donors (Lipinski definition) is 0. The van der Waals surface area contributed by atoms with Crippen molar-refractivity contribution >= 4 is 29.0 Å². The molecule has 0 N–H and O–H groups in total. The molecule has 1 aliphatic heterocycles. The van der Waals surface area contributed by atoms with Crippen molar-refractivity contribution in [2.24, 2.45) is 7.05 Å². The van der Waals surface area contributed by atoms with Gasteiger partial charge in [0, 0.05) is 53.8 Å². The number of aromatic nitrogens is 2. The molecule has 1 aromatic heterocycles. The van der Waals surface area contributed by atoms with E-state index in [1.807, 2.05) is 30.8 Å². The van der Waals surface area contributed by atoms with E-state index in [2.05, 4.69) is 5.10 Å². The molecule has 2 aromatic carbocycles. The minimum absolute atomic E-state index is 0.124. The fraction of sp³-hybridized carbons (Fsp3) is 0.320. The Morgan fingerprint density at radius 2 is 1.94 bits per heavy atom. The third-order valence-corrected chi connectivity index (χ3v) is 6.15. The Hall–Kier alpha value is -2.99. The van der Waals surface area contributed by atoms with Crippen molar-refractivity contribution in [3.05, 3.63) is 81.4 Å². The number of hydrogen-bond acceptors (Lipinski definition) is 3. The van der Waals surface area contributed by atoms with Gasteiger partial charge >= 0.3 is 0 Å². The molecule has 5 nitrogen and oxygen atoms in total. The van der Waals surface area contributed by atoms with Crippen LogP contribution in [0.2, 0.25) is 5.02 Å². The number of amides is 1. The summed E-state index contributed by atoms with van der Waals surface area (Å²) in [6.45, 7) is 2.29. The Labute approximate surface area is 191 Å². The van der Waals surface area contributed by atoms with E-state index in [1.165, 1.54) is 6.07 Å². The van der Waals surface area contributed by atoms with Gasteiger partial charge in [-0.25, -0.2) is 4.39 Å². The third-order valence-electron chi connectivity index (χ3n) is 5.91. The van der Waals surface area contributed by atoms with E-state index < -0.39 is 5.82 Å². The number of aryl methyl sites for hydroxylation is 2. The summed E-state index contributed by atoms with van der Waals surface area (Å²) in [5.74, 6) is -0.634. The monoisotopic (exact) mass is 453 g/mol. The topological polar surface area (TPSA) is 55.2 Å². The van der Waals surface area contributed by atoms with E-state index in [9.17, 15) is 14.0 Å². The second kappa shape index (κ2) is 9.25. The average molecular weight is 454 g/mol. The zero-order valence-electron chi connectivity index (χ0n) is 18.2. The molecule has 0 radical (unpaired) electrons. The normalized spacial score (nSPS) is 12.8. The Morgan fingerprint density at radius 3 is 2.69 bits per heavy atom. The number of Topliss-reactive ketones (excluding diaryl/α,β-unsaturated/α-hetero) is 1. The van der Waals surface area contributed by atoms with Crippen LogP contribution in [-0.2, 0) is 31.2 Å². The Balaban J connectivity index is 1.64. The van der Waals surface area contributed by atoms with Crippen molar-refractivity contribution in [3.8, 4) is 0 Å². The van der Waals surface area contributed by atoms with Gasteiger partial charge in [-0.15, -0.1) is 0 Å². The number of nitrogens with zero attached hydrogens (tertiary/aromatic N) is 3. The number of fused-ring (bicyclic) bond motifs is 2. The smallest absolute Gasteiger partial charge is 0.258 e. The summed E-state index contributed by atoms with van der Waals surface area (Å²) in [6.07, 6.45) is 4.30. The van der Waals surface area contributed by atoms with Crippen molar-refractivity contribution in [2.75, 3.05) is 4.90 Å². The van der Waals surface area contributed by atoms with Crippen LogP contribution in [0.15, 0.2) is 42.6 Å². The summed E-state index contributed by atoms with van der Waals surface area (Å²) in [4.78, 5) is 26.9. The van der Waals surface area contributed by atoms with Crippen molar-refractivity contribution < 1.29 is 14.0 Å². The van der Waals surface area contributed by atoms with Gasteiger partial charge in [0.25, 0.3) is 5.91 Å². The lowest BCUT2D eigenvalue weighted by Crippen LogP contribution is -2.30. The Kier molecular flexibility index (Phi) is 6.42. The molecule has 32 heavy (non-hydrogen) atoms. The van der Waals surface area contributed by atoms with Crippen molar-refractivity contribution in [1.29, 1.82) is 0 Å². The maximum absolute atomic E-state index is 14.8. The van der Waals surface area contributed by atoms with Crippen LogP contribution in [0.3, 0.4) is 0 Å². The second-order valence-corrected chi connectivity index (χ2v) is 8.61. The summed E-state index contributed by atoms with van der Waals surface area (Å²) < 4.78 is 16.6. The minimum Gasteiger partial charge on any atom is -0.304 e. The second-order valence-electron chi connectivity index (χ2n) is 8.18. The Bertz CT molecular complexity index is 1190. The van der Waals surface area contributed by atoms with Crippen molar-refractivity contribution in [2.45, 2.75) is 45.6 Å². The maximum Gasteiger partial charge on any atom is 0.258 e. The highest BCUT2D eigenvalue weighted by atomic mass is 35.5. The first-order valence-corrected chi connectivity index (χ1v) is 11.1. The van der Waals surface area contributed by atoms with E-state index in [1.54, 1.807) is 29.3 Å². The number of anilines is 1. The van der Waals surface area contributed by atoms with Crippen LogP contribution in [-0.4, -0.2) is 21.5 Å². The van der Waals surface area contributed by atoms with Crippen LogP contribution < -0.4 is 4.90 Å². The number of benzene rings is 2. The van der Waals surface area contributed by atoms with Gasteiger partial charge in [-0.05, 0) is 54.3 Å². The van der Waals surface area contributed by atoms with Gasteiger partial charge < -0.3 is 4.90 Å². The highest BCUT2D eigenvalue weighted by molar-refractivity contribution is 6.30. The van der Waals surface area contributed by atoms with E-state index in [0.717, 1.165) is 28.9 Å². The summed E-state index contributed by atoms with van der Waals surface area (Å²) in [5.41, 5.74) is 4.34. The van der Waals surface area contributed by atoms with Gasteiger partial charge in [-0.1, -0.05) is 24.6 Å². The van der Waals surface area contributed by atoms with Gasteiger partial charge in [-0.3, -0.25) is 14.3 Å². The molecule has 0 atom stereocenters. The molecule has 0 saturated carbocycles. The lowest BCUT2D eigenvalue weighted by molar-refractivity contribution is -0.119. The molecule has 1 amide bonds. The number of carbonyl (C=O) groups is 2. The average Bonchev–Trinajstić information content (AvgIpc) is 3.01. The van der Waals surface area contributed by atoms with Gasteiger partial charge in [0.15, 0.2) is 0 Å². The molecule has 0 fully saturated rings. The molecule has 0 bridgehead atoms. The first-order valence-electron chi connectivity index (χ1n) is 10.8. The fourth-order valence-corrected chi connectivity index (χ4v) is 4.36. The molecule has 1 aliphatic rings. The summed E-state index contributed by atoms with van der Waals surface area (Å²) in [5, 5.41) is 4.93. The minimum atomic E-state index is -0.464. The van der Waals surface area contributed by atoms with E-state index in [0.29, 0.717) is 42.8 Å². The van der Waals surface area contributed by atoms with E-state index in [4.69, 9.17) is 11.6 Å². The summed E-state index contributed by atoms with van der Waals surface area (Å²) in [7, 11) is 1.87. The van der Waals surface area contributed by atoms with Gasteiger partial charge in [0.1, 0.15) is 11.6 Å². The largest absolute Gasteiger partial charge is 0.304 e. The number of halogens is 2. The third kappa shape index (κ3) is 4.46. The molecule has 7 heteroatoms. The first-order chi connectivity index (χ1) is 15.4. The van der Waals surface area contributed by atoms with Crippen molar-refractivity contribution in [3.63, 3.8) is 0 Å². The number of carbonyl (C=O) groups excluding carboxylic acids is 2. The molecule has 0 spiro atoms. The van der Waals surface area contributed by atoms with E-state index >= 15 is 0 Å². The molecule has 0 aliphatic carbocycles. The quantitative estimate of drug-likeness (QED) is 0.511. The van der Waals surface area contributed by atoms with E-state index in [-0.39, 0.29) is 17.3 Å². The standard InChI is InChI=1S/C25H25ClFN3O2/c1-3-4-21(31)9-7-16-5-6-17(12-22(16)27)25(32)30-15-19-14-28-29(2)24(19)13-18-11-20(26)8-10-23(18)30/h5-6,8,10-12,14H,3-4,7,9,13,15H2,1-2H3. The van der Waals surface area contributed by atoms with Crippen LogP contribution in [0, 0.1) is 5.82 Å². The molecule has 4 rings (SSSR count). The lowest BCUT2D eigenvalue weighted by Gasteiger charge is -2.23. The highest BCUT2D eigenvalue weighted by Crippen LogP contribution is 2.33. The molecule has 0 saturated heterocycles. The predicted molar refractivity (Wildman–Crippen MR) is 123 cm³/mol. The summed E-state index contributed by atoms with van der Waals surface area (Å²) >= 11 is 6.23. The van der Waals surface area contributed by atoms with Crippen molar-refractivity contribution in [1.82, 2.24) is 9.78 Å². The SMILES string of the molecule is CCCC(=O)CCc1ccc(C(=O)N2Cc3cnn(C)c3Cc3cc(Cl)ccc32)cc1F. The van der Waals surface area contributed by atoms with Crippen LogP contribution in [0.5, 0.6) is 0 Å². The van der Waals surface area contributed by atoms with Gasteiger partial charge in [0.05, 0.1) is 12.7 Å². The molecular weight excluding hydrogens is 429 g/mol. The molecule has 0 unspecified atom stereocenters. The number of rotatable bonds is 6. The van der Waals surface area contributed by atoms with Gasteiger partial charge in [-0.2, -0.15) is 5.10 Å². The molecular formula is C25H25ClFN3O2. The van der Waals surface area contributed by atoms with Gasteiger partial charge in [0.2, 0.25) is 0 Å². The zero-order valence-corrected chi connectivity index (χ0v) is 19.0.